The molecule has 2 aliphatic rings. The lowest BCUT2D eigenvalue weighted by Crippen LogP contribution is -2.51. The van der Waals surface area contributed by atoms with Gasteiger partial charge in [-0.3, -0.25) is 9.80 Å². The number of fused-ring (bicyclic) bond motifs is 1. The summed E-state index contributed by atoms with van der Waals surface area (Å²) in [5, 5.41) is 5.55. The Hall–Kier alpha value is -1.46. The first-order valence-electron chi connectivity index (χ1n) is 5.61. The molecule has 16 heavy (non-hydrogen) atoms. The fraction of sp³-hybridized carbons (Fsp3) is 0.800. The van der Waals surface area contributed by atoms with Crippen LogP contribution in [0.2, 0.25) is 0 Å². The van der Waals surface area contributed by atoms with Crippen molar-refractivity contribution in [1.29, 1.82) is 0 Å². The van der Waals surface area contributed by atoms with Crippen molar-refractivity contribution >= 4 is 12.1 Å². The quantitative estimate of drug-likeness (QED) is 0.720. The molecule has 2 saturated heterocycles. The standard InChI is InChI=1S/C10H18N4O2/c1-5(2)13-8-7(11-9(13)15)12-10(16)14(8)6(3)4/h5-8H,1-4H3,(H,11,15)(H,12,16). The number of carbonyl (C=O) groups is 2. The van der Waals surface area contributed by atoms with Gasteiger partial charge in [0.15, 0.2) is 0 Å². The third-order valence-electron chi connectivity index (χ3n) is 3.01. The second kappa shape index (κ2) is 3.54. The molecule has 2 rings (SSSR count). The number of rotatable bonds is 2. The van der Waals surface area contributed by atoms with Crippen LogP contribution in [0, 0.1) is 0 Å². The fourth-order valence-electron chi connectivity index (χ4n) is 2.38. The van der Waals surface area contributed by atoms with E-state index in [2.05, 4.69) is 10.6 Å². The second-order valence-corrected chi connectivity index (χ2v) is 4.79. The zero-order chi connectivity index (χ0) is 12.0. The average molecular weight is 226 g/mol. The molecule has 6 nitrogen and oxygen atoms in total. The topological polar surface area (TPSA) is 64.7 Å². The normalized spacial score (nSPS) is 28.9. The molecular weight excluding hydrogens is 208 g/mol. The van der Waals surface area contributed by atoms with Crippen LogP contribution in [0.5, 0.6) is 0 Å². The molecule has 2 N–H and O–H groups in total. The zero-order valence-corrected chi connectivity index (χ0v) is 10.0. The minimum atomic E-state index is -0.287. The van der Waals surface area contributed by atoms with Gasteiger partial charge in [-0.2, -0.15) is 0 Å². The Kier molecular flexibility index (Phi) is 2.44. The maximum Gasteiger partial charge on any atom is 0.321 e. The maximum absolute atomic E-state index is 11.7. The largest absolute Gasteiger partial charge is 0.321 e. The lowest BCUT2D eigenvalue weighted by atomic mass is 10.2. The molecule has 0 unspecified atom stereocenters. The first-order chi connectivity index (χ1) is 7.43. The van der Waals surface area contributed by atoms with E-state index >= 15 is 0 Å². The molecule has 0 aromatic carbocycles. The molecule has 2 fully saturated rings. The monoisotopic (exact) mass is 226 g/mol. The van der Waals surface area contributed by atoms with Crippen molar-refractivity contribution < 1.29 is 9.59 Å². The van der Waals surface area contributed by atoms with Crippen LogP contribution in [0.3, 0.4) is 0 Å². The van der Waals surface area contributed by atoms with Crippen LogP contribution in [0.25, 0.3) is 0 Å². The number of amides is 4. The molecule has 90 valence electrons. The van der Waals surface area contributed by atoms with Gasteiger partial charge in [0.05, 0.1) is 0 Å². The van der Waals surface area contributed by atoms with Gasteiger partial charge in [-0.05, 0) is 27.7 Å². The maximum atomic E-state index is 11.7. The zero-order valence-electron chi connectivity index (χ0n) is 10.0. The summed E-state index contributed by atoms with van der Waals surface area (Å²) in [7, 11) is 0. The number of nitrogens with zero attached hydrogens (tertiary/aromatic N) is 2. The van der Waals surface area contributed by atoms with E-state index in [1.54, 1.807) is 9.80 Å². The Morgan fingerprint density at radius 2 is 1.31 bits per heavy atom. The molecule has 0 aliphatic carbocycles. The smallest absolute Gasteiger partial charge is 0.314 e. The summed E-state index contributed by atoms with van der Waals surface area (Å²) in [5.74, 6) is 0. The summed E-state index contributed by atoms with van der Waals surface area (Å²) in [6.07, 6.45) is -0.496. The molecule has 6 heteroatoms. The third-order valence-corrected chi connectivity index (χ3v) is 3.01. The van der Waals surface area contributed by atoms with Gasteiger partial charge < -0.3 is 10.6 Å². The van der Waals surface area contributed by atoms with Crippen LogP contribution in [0.15, 0.2) is 0 Å². The summed E-state index contributed by atoms with van der Waals surface area (Å²) in [5.41, 5.74) is 0. The first-order valence-corrected chi connectivity index (χ1v) is 5.61. The van der Waals surface area contributed by atoms with E-state index in [4.69, 9.17) is 0 Å². The summed E-state index contributed by atoms with van der Waals surface area (Å²) >= 11 is 0. The summed E-state index contributed by atoms with van der Waals surface area (Å²) in [4.78, 5) is 26.9. The number of hydrogen-bond donors (Lipinski definition) is 2. The first kappa shape index (κ1) is 11.0. The van der Waals surface area contributed by atoms with Crippen LogP contribution in [-0.4, -0.2) is 46.3 Å². The van der Waals surface area contributed by atoms with E-state index < -0.39 is 0 Å². The molecule has 4 amide bonds. The van der Waals surface area contributed by atoms with Crippen LogP contribution >= 0.6 is 0 Å². The molecule has 2 aliphatic heterocycles. The highest BCUT2D eigenvalue weighted by atomic mass is 16.2. The number of carbonyl (C=O) groups excluding carboxylic acids is 2. The van der Waals surface area contributed by atoms with Gasteiger partial charge in [0.2, 0.25) is 0 Å². The van der Waals surface area contributed by atoms with Crippen molar-refractivity contribution in [3.63, 3.8) is 0 Å². The van der Waals surface area contributed by atoms with Gasteiger partial charge in [-0.1, -0.05) is 0 Å². The van der Waals surface area contributed by atoms with Crippen molar-refractivity contribution in [2.24, 2.45) is 0 Å². The second-order valence-electron chi connectivity index (χ2n) is 4.79. The number of hydrogen-bond acceptors (Lipinski definition) is 2. The molecule has 0 radical (unpaired) electrons. The Balaban J connectivity index is 2.30. The molecule has 0 spiro atoms. The van der Waals surface area contributed by atoms with Gasteiger partial charge in [-0.15, -0.1) is 0 Å². The fourth-order valence-corrected chi connectivity index (χ4v) is 2.38. The van der Waals surface area contributed by atoms with Crippen molar-refractivity contribution in [1.82, 2.24) is 20.4 Å². The summed E-state index contributed by atoms with van der Waals surface area (Å²) in [6.45, 7) is 7.79. The van der Waals surface area contributed by atoms with E-state index in [-0.39, 0.29) is 36.5 Å². The Morgan fingerprint density at radius 3 is 1.62 bits per heavy atom. The highest BCUT2D eigenvalue weighted by molar-refractivity contribution is 5.85. The SMILES string of the molecule is CC(C)N1C(=O)NC2NC(=O)N(C(C)C)C21. The minimum Gasteiger partial charge on any atom is -0.314 e. The third kappa shape index (κ3) is 1.40. The van der Waals surface area contributed by atoms with Crippen molar-refractivity contribution in [2.75, 3.05) is 0 Å². The number of nitrogens with one attached hydrogen (secondary N) is 2. The minimum absolute atomic E-state index is 0.0731. The number of urea groups is 2. The molecule has 0 saturated carbocycles. The van der Waals surface area contributed by atoms with E-state index in [0.29, 0.717) is 0 Å². The van der Waals surface area contributed by atoms with Crippen LogP contribution in [0.4, 0.5) is 9.59 Å². The van der Waals surface area contributed by atoms with E-state index in [1.165, 1.54) is 0 Å². The predicted molar refractivity (Wildman–Crippen MR) is 58.6 cm³/mol. The highest BCUT2D eigenvalue weighted by Crippen LogP contribution is 2.25. The lowest BCUT2D eigenvalue weighted by molar-refractivity contribution is 0.0934. The Labute approximate surface area is 95.0 Å². The Bertz CT molecular complexity index is 299. The van der Waals surface area contributed by atoms with E-state index in [9.17, 15) is 9.59 Å². The highest BCUT2D eigenvalue weighted by Gasteiger charge is 2.52. The van der Waals surface area contributed by atoms with Crippen molar-refractivity contribution in [3.05, 3.63) is 0 Å². The molecule has 0 aromatic rings. The van der Waals surface area contributed by atoms with E-state index in [1.807, 2.05) is 27.7 Å². The van der Waals surface area contributed by atoms with Gasteiger partial charge in [0.25, 0.3) is 0 Å². The van der Waals surface area contributed by atoms with Crippen LogP contribution < -0.4 is 10.6 Å². The molecule has 0 aromatic heterocycles. The predicted octanol–water partition coefficient (Wildman–Crippen LogP) is 0.506. The van der Waals surface area contributed by atoms with Gasteiger partial charge in [0.1, 0.15) is 12.3 Å². The summed E-state index contributed by atoms with van der Waals surface area (Å²) in [6, 6.07) is -0.0841. The molecule has 0 atom stereocenters. The molecule has 2 heterocycles. The van der Waals surface area contributed by atoms with Crippen LogP contribution in [-0.2, 0) is 0 Å². The van der Waals surface area contributed by atoms with Crippen molar-refractivity contribution in [2.45, 2.75) is 52.1 Å². The van der Waals surface area contributed by atoms with Gasteiger partial charge in [-0.25, -0.2) is 9.59 Å². The van der Waals surface area contributed by atoms with E-state index in [0.717, 1.165) is 0 Å². The average Bonchev–Trinajstić information content (AvgIpc) is 2.55. The van der Waals surface area contributed by atoms with Gasteiger partial charge in [0, 0.05) is 12.1 Å². The molecular formula is C10H18N4O2. The van der Waals surface area contributed by atoms with Gasteiger partial charge >= 0.3 is 12.1 Å². The Morgan fingerprint density at radius 1 is 0.938 bits per heavy atom. The summed E-state index contributed by atoms with van der Waals surface area (Å²) < 4.78 is 0. The molecule has 0 bridgehead atoms. The van der Waals surface area contributed by atoms with Crippen LogP contribution in [0.1, 0.15) is 27.7 Å². The van der Waals surface area contributed by atoms with Crippen molar-refractivity contribution in [3.8, 4) is 0 Å². The lowest BCUT2D eigenvalue weighted by Gasteiger charge is -2.34.